The van der Waals surface area contributed by atoms with E-state index in [0.29, 0.717) is 42.0 Å². The molecule has 2 aromatic heterocycles. The van der Waals surface area contributed by atoms with Crippen molar-refractivity contribution < 1.29 is 23.4 Å². The van der Waals surface area contributed by atoms with E-state index in [2.05, 4.69) is 39.4 Å². The lowest BCUT2D eigenvalue weighted by Gasteiger charge is -2.39. The van der Waals surface area contributed by atoms with E-state index in [4.69, 9.17) is 18.3 Å². The number of aliphatic hydroxyl groups is 1. The summed E-state index contributed by atoms with van der Waals surface area (Å²) in [6, 6.07) is 16.0. The lowest BCUT2D eigenvalue weighted by molar-refractivity contribution is -0.0835. The summed E-state index contributed by atoms with van der Waals surface area (Å²) in [6.07, 6.45) is 1.26. The second-order valence-electron chi connectivity index (χ2n) is 10.1. The molecule has 0 amide bonds. The Hall–Kier alpha value is -3.20. The first-order chi connectivity index (χ1) is 17.5. The fourth-order valence-electron chi connectivity index (χ4n) is 5.26. The number of piperidine rings is 1. The Bertz CT molecular complexity index is 1350. The Morgan fingerprint density at radius 1 is 1.06 bits per heavy atom. The van der Waals surface area contributed by atoms with Gasteiger partial charge in [0.1, 0.15) is 24.0 Å². The molecular weight excluding hydrogens is 458 g/mol. The van der Waals surface area contributed by atoms with E-state index >= 15 is 0 Å². The second-order valence-corrected chi connectivity index (χ2v) is 10.1. The van der Waals surface area contributed by atoms with Gasteiger partial charge in [-0.05, 0) is 36.1 Å². The van der Waals surface area contributed by atoms with E-state index < -0.39 is 6.10 Å². The molecule has 0 saturated carbocycles. The van der Waals surface area contributed by atoms with Gasteiger partial charge in [0.25, 0.3) is 5.89 Å². The SMILES string of the molecule is CC(C)c1nnc(-c2cc3c(OCC(O)CN4CCC5(CC4)OCc4ccccc45)cccc3o2)o1. The first-order valence-electron chi connectivity index (χ1n) is 12.6. The van der Waals surface area contributed by atoms with E-state index in [9.17, 15) is 5.11 Å². The standard InChI is InChI=1S/C28H31N3O5/c1-18(2)26-29-30-27(36-26)25-14-21-23(8-5-9-24(21)35-25)33-17-20(32)15-31-12-10-28(11-13-31)22-7-4-3-6-19(22)16-34-28/h3-9,14,18,20,32H,10-13,15-17H2,1-2H3. The van der Waals surface area contributed by atoms with Gasteiger partial charge in [-0.15, -0.1) is 10.2 Å². The number of ether oxygens (including phenoxy) is 2. The molecule has 36 heavy (non-hydrogen) atoms. The Balaban J connectivity index is 1.07. The Kier molecular flexibility index (Phi) is 6.03. The minimum absolute atomic E-state index is 0.142. The summed E-state index contributed by atoms with van der Waals surface area (Å²) >= 11 is 0. The van der Waals surface area contributed by atoms with Crippen molar-refractivity contribution >= 4 is 11.0 Å². The van der Waals surface area contributed by atoms with Gasteiger partial charge in [-0.3, -0.25) is 0 Å². The quantitative estimate of drug-likeness (QED) is 0.393. The molecule has 1 atom stereocenters. The molecule has 0 aliphatic carbocycles. The molecule has 0 radical (unpaired) electrons. The number of likely N-dealkylation sites (tertiary alicyclic amines) is 1. The molecule has 4 heterocycles. The lowest BCUT2D eigenvalue weighted by atomic mass is 9.84. The molecule has 8 heteroatoms. The van der Waals surface area contributed by atoms with Gasteiger partial charge in [0.15, 0.2) is 5.76 Å². The number of hydrogen-bond donors (Lipinski definition) is 1. The number of nitrogens with zero attached hydrogens (tertiary/aromatic N) is 3. The van der Waals surface area contributed by atoms with Gasteiger partial charge in [0.2, 0.25) is 5.89 Å². The highest BCUT2D eigenvalue weighted by molar-refractivity contribution is 5.87. The van der Waals surface area contributed by atoms with Gasteiger partial charge in [-0.2, -0.15) is 0 Å². The van der Waals surface area contributed by atoms with Crippen LogP contribution in [0.1, 0.15) is 49.6 Å². The highest BCUT2D eigenvalue weighted by Crippen LogP contribution is 2.44. The van der Waals surface area contributed by atoms with Crippen LogP contribution in [0.3, 0.4) is 0 Å². The third-order valence-electron chi connectivity index (χ3n) is 7.24. The number of rotatable bonds is 7. The summed E-state index contributed by atoms with van der Waals surface area (Å²) in [7, 11) is 0. The molecule has 1 saturated heterocycles. The van der Waals surface area contributed by atoms with Crippen LogP contribution in [-0.4, -0.2) is 52.5 Å². The van der Waals surface area contributed by atoms with Crippen LogP contribution in [-0.2, 0) is 16.9 Å². The maximum Gasteiger partial charge on any atom is 0.283 e. The Morgan fingerprint density at radius 2 is 1.89 bits per heavy atom. The molecule has 1 unspecified atom stereocenters. The normalized spacial score (nSPS) is 18.2. The van der Waals surface area contributed by atoms with E-state index in [0.717, 1.165) is 31.3 Å². The highest BCUT2D eigenvalue weighted by Gasteiger charge is 2.42. The molecule has 6 rings (SSSR count). The third kappa shape index (κ3) is 4.30. The van der Waals surface area contributed by atoms with Crippen molar-refractivity contribution in [3.8, 4) is 17.4 Å². The van der Waals surface area contributed by atoms with E-state index in [1.54, 1.807) is 0 Å². The first kappa shape index (κ1) is 23.2. The average molecular weight is 490 g/mol. The molecule has 0 bridgehead atoms. The molecular formula is C28H31N3O5. The van der Waals surface area contributed by atoms with Crippen molar-refractivity contribution in [1.82, 2.24) is 15.1 Å². The van der Waals surface area contributed by atoms with Crippen molar-refractivity contribution in [2.75, 3.05) is 26.2 Å². The summed E-state index contributed by atoms with van der Waals surface area (Å²) < 4.78 is 23.9. The Labute approximate surface area is 209 Å². The second kappa shape index (κ2) is 9.35. The van der Waals surface area contributed by atoms with Crippen molar-refractivity contribution in [2.45, 2.75) is 50.9 Å². The fraction of sp³-hybridized carbons (Fsp3) is 0.429. The number of β-amino-alcohol motifs (C(OH)–C–C–N with tert-alkyl or cyclic N) is 1. The van der Waals surface area contributed by atoms with Crippen LogP contribution < -0.4 is 4.74 Å². The number of hydrogen-bond acceptors (Lipinski definition) is 8. The zero-order valence-corrected chi connectivity index (χ0v) is 20.6. The van der Waals surface area contributed by atoms with Crippen molar-refractivity contribution in [2.24, 2.45) is 0 Å². The van der Waals surface area contributed by atoms with E-state index in [1.807, 2.05) is 38.1 Å². The van der Waals surface area contributed by atoms with Crippen LogP contribution in [0.25, 0.3) is 22.6 Å². The predicted molar refractivity (Wildman–Crippen MR) is 134 cm³/mol. The molecule has 2 aliphatic rings. The van der Waals surface area contributed by atoms with Crippen LogP contribution in [0.15, 0.2) is 57.4 Å². The number of aliphatic hydroxyl groups excluding tert-OH is 1. The van der Waals surface area contributed by atoms with Gasteiger partial charge < -0.3 is 28.3 Å². The Morgan fingerprint density at radius 3 is 2.69 bits per heavy atom. The maximum absolute atomic E-state index is 10.7. The monoisotopic (exact) mass is 489 g/mol. The van der Waals surface area contributed by atoms with E-state index in [1.165, 1.54) is 11.1 Å². The van der Waals surface area contributed by atoms with Crippen molar-refractivity contribution in [3.63, 3.8) is 0 Å². The minimum Gasteiger partial charge on any atom is -0.490 e. The number of fused-ring (bicyclic) bond motifs is 3. The summed E-state index contributed by atoms with van der Waals surface area (Å²) in [4.78, 5) is 2.29. The highest BCUT2D eigenvalue weighted by atomic mass is 16.5. The topological polar surface area (TPSA) is 94.0 Å². The third-order valence-corrected chi connectivity index (χ3v) is 7.24. The summed E-state index contributed by atoms with van der Waals surface area (Å²) in [5.74, 6) is 2.20. The minimum atomic E-state index is -0.609. The van der Waals surface area contributed by atoms with Gasteiger partial charge in [0, 0.05) is 31.6 Å². The molecule has 8 nitrogen and oxygen atoms in total. The zero-order chi connectivity index (χ0) is 24.7. The average Bonchev–Trinajstić information content (AvgIpc) is 3.62. The number of benzene rings is 2. The summed E-state index contributed by atoms with van der Waals surface area (Å²) in [6.45, 7) is 7.21. The summed E-state index contributed by atoms with van der Waals surface area (Å²) in [5, 5.41) is 19.7. The maximum atomic E-state index is 10.7. The van der Waals surface area contributed by atoms with Crippen molar-refractivity contribution in [3.05, 3.63) is 65.5 Å². The molecule has 2 aliphatic heterocycles. The van der Waals surface area contributed by atoms with Gasteiger partial charge in [-0.1, -0.05) is 44.2 Å². The van der Waals surface area contributed by atoms with Crippen LogP contribution >= 0.6 is 0 Å². The molecule has 1 fully saturated rings. The van der Waals surface area contributed by atoms with E-state index in [-0.39, 0.29) is 18.1 Å². The molecule has 4 aromatic rings. The molecule has 1 spiro atoms. The summed E-state index contributed by atoms with van der Waals surface area (Å²) in [5.41, 5.74) is 3.13. The van der Waals surface area contributed by atoms with Crippen LogP contribution in [0.5, 0.6) is 5.75 Å². The largest absolute Gasteiger partial charge is 0.490 e. The molecule has 188 valence electrons. The zero-order valence-electron chi connectivity index (χ0n) is 20.6. The molecule has 1 N–H and O–H groups in total. The molecule has 2 aromatic carbocycles. The first-order valence-corrected chi connectivity index (χ1v) is 12.6. The van der Waals surface area contributed by atoms with Crippen LogP contribution in [0, 0.1) is 0 Å². The lowest BCUT2D eigenvalue weighted by Crippen LogP contribution is -2.46. The van der Waals surface area contributed by atoms with Crippen molar-refractivity contribution in [1.29, 1.82) is 0 Å². The van der Waals surface area contributed by atoms with Gasteiger partial charge in [0.05, 0.1) is 17.6 Å². The van der Waals surface area contributed by atoms with Gasteiger partial charge >= 0.3 is 0 Å². The fourth-order valence-corrected chi connectivity index (χ4v) is 5.26. The smallest absolute Gasteiger partial charge is 0.283 e. The number of furan rings is 1. The predicted octanol–water partition coefficient (Wildman–Crippen LogP) is 4.87. The van der Waals surface area contributed by atoms with Crippen LogP contribution in [0.2, 0.25) is 0 Å². The number of aromatic nitrogens is 2. The van der Waals surface area contributed by atoms with Gasteiger partial charge in [-0.25, -0.2) is 0 Å². The van der Waals surface area contributed by atoms with Crippen LogP contribution in [0.4, 0.5) is 0 Å².